The van der Waals surface area contributed by atoms with Crippen molar-refractivity contribution in [3.8, 4) is 0 Å². The first-order chi connectivity index (χ1) is 9.15. The van der Waals surface area contributed by atoms with E-state index in [1.807, 2.05) is 31.2 Å². The van der Waals surface area contributed by atoms with E-state index in [0.717, 1.165) is 10.6 Å². The SMILES string of the molecule is Cc1ccc(C(=O)N2CC(=O)Nc3ccccc32)s1. The standard InChI is InChI=1S/C14H12N2O2S/c1-9-6-7-12(19-9)14(18)16-8-13(17)15-10-4-2-3-5-11(10)16/h2-7H,8H2,1H3,(H,15,17). The van der Waals surface area contributed by atoms with Gasteiger partial charge >= 0.3 is 0 Å². The maximum Gasteiger partial charge on any atom is 0.268 e. The van der Waals surface area contributed by atoms with E-state index < -0.39 is 0 Å². The second-order valence-corrected chi connectivity index (χ2v) is 5.65. The lowest BCUT2D eigenvalue weighted by molar-refractivity contribution is -0.115. The lowest BCUT2D eigenvalue weighted by atomic mass is 10.2. The molecule has 0 fully saturated rings. The van der Waals surface area contributed by atoms with Gasteiger partial charge in [-0.05, 0) is 31.2 Å². The highest BCUT2D eigenvalue weighted by atomic mass is 32.1. The molecular formula is C14H12N2O2S. The van der Waals surface area contributed by atoms with E-state index in [1.165, 1.54) is 16.2 Å². The number of thiophene rings is 1. The Morgan fingerprint density at radius 3 is 2.79 bits per heavy atom. The third-order valence-electron chi connectivity index (χ3n) is 2.97. The van der Waals surface area contributed by atoms with Gasteiger partial charge in [-0.25, -0.2) is 0 Å². The number of rotatable bonds is 1. The number of aryl methyl sites for hydroxylation is 1. The minimum Gasteiger partial charge on any atom is -0.323 e. The molecule has 3 rings (SSSR count). The Morgan fingerprint density at radius 2 is 2.05 bits per heavy atom. The molecule has 2 heterocycles. The summed E-state index contributed by atoms with van der Waals surface area (Å²) in [5.41, 5.74) is 1.43. The van der Waals surface area contributed by atoms with Crippen LogP contribution in [0.2, 0.25) is 0 Å². The van der Waals surface area contributed by atoms with Gasteiger partial charge in [0.25, 0.3) is 5.91 Å². The van der Waals surface area contributed by atoms with Crippen molar-refractivity contribution < 1.29 is 9.59 Å². The van der Waals surface area contributed by atoms with Gasteiger partial charge in [0.05, 0.1) is 16.3 Å². The molecule has 0 radical (unpaired) electrons. The molecular weight excluding hydrogens is 260 g/mol. The first-order valence-electron chi connectivity index (χ1n) is 5.92. The summed E-state index contributed by atoms with van der Waals surface area (Å²) in [5.74, 6) is -0.291. The highest BCUT2D eigenvalue weighted by Gasteiger charge is 2.27. The number of nitrogens with one attached hydrogen (secondary N) is 1. The average Bonchev–Trinajstić information content (AvgIpc) is 2.83. The zero-order valence-corrected chi connectivity index (χ0v) is 11.2. The Balaban J connectivity index is 2.01. The molecule has 2 aromatic rings. The van der Waals surface area contributed by atoms with Gasteiger partial charge in [0.2, 0.25) is 5.91 Å². The van der Waals surface area contributed by atoms with Crippen LogP contribution in [0.25, 0.3) is 0 Å². The van der Waals surface area contributed by atoms with Gasteiger partial charge in [0, 0.05) is 4.88 Å². The van der Waals surface area contributed by atoms with Crippen LogP contribution in [0.3, 0.4) is 0 Å². The van der Waals surface area contributed by atoms with Crippen LogP contribution in [0.1, 0.15) is 14.5 Å². The third kappa shape index (κ3) is 2.13. The van der Waals surface area contributed by atoms with E-state index in [1.54, 1.807) is 12.1 Å². The van der Waals surface area contributed by atoms with Crippen molar-refractivity contribution in [1.29, 1.82) is 0 Å². The summed E-state index contributed by atoms with van der Waals surface area (Å²) in [6, 6.07) is 11.0. The number of carbonyl (C=O) groups excluding carboxylic acids is 2. The van der Waals surface area contributed by atoms with Crippen LogP contribution in [-0.4, -0.2) is 18.4 Å². The van der Waals surface area contributed by atoms with Crippen LogP contribution >= 0.6 is 11.3 Å². The zero-order valence-electron chi connectivity index (χ0n) is 10.3. The monoisotopic (exact) mass is 272 g/mol. The molecule has 0 saturated carbocycles. The fraction of sp³-hybridized carbons (Fsp3) is 0.143. The fourth-order valence-corrected chi connectivity index (χ4v) is 2.91. The summed E-state index contributed by atoms with van der Waals surface area (Å²) in [6.45, 7) is 2.02. The number of hydrogen-bond donors (Lipinski definition) is 1. The molecule has 0 bridgehead atoms. The Hall–Kier alpha value is -2.14. The molecule has 1 aromatic carbocycles. The molecule has 0 atom stereocenters. The fourth-order valence-electron chi connectivity index (χ4n) is 2.10. The lowest BCUT2D eigenvalue weighted by Gasteiger charge is -2.28. The van der Waals surface area contributed by atoms with Crippen LogP contribution in [0.15, 0.2) is 36.4 Å². The van der Waals surface area contributed by atoms with Crippen molar-refractivity contribution in [3.63, 3.8) is 0 Å². The Morgan fingerprint density at radius 1 is 1.26 bits per heavy atom. The summed E-state index contributed by atoms with van der Waals surface area (Å²) in [4.78, 5) is 27.4. The number of nitrogens with zero attached hydrogens (tertiary/aromatic N) is 1. The largest absolute Gasteiger partial charge is 0.323 e. The molecule has 1 aromatic heterocycles. The molecule has 1 aliphatic heterocycles. The molecule has 0 saturated heterocycles. The van der Waals surface area contributed by atoms with E-state index in [0.29, 0.717) is 10.6 Å². The lowest BCUT2D eigenvalue weighted by Crippen LogP contribution is -2.41. The van der Waals surface area contributed by atoms with E-state index >= 15 is 0 Å². The van der Waals surface area contributed by atoms with E-state index in [4.69, 9.17) is 0 Å². The van der Waals surface area contributed by atoms with Gasteiger partial charge < -0.3 is 5.32 Å². The molecule has 0 unspecified atom stereocenters. The molecule has 1 N–H and O–H groups in total. The topological polar surface area (TPSA) is 49.4 Å². The average molecular weight is 272 g/mol. The minimum absolute atomic E-state index is 0.0623. The Kier molecular flexibility index (Phi) is 2.83. The number of hydrogen-bond acceptors (Lipinski definition) is 3. The van der Waals surface area contributed by atoms with Crippen molar-refractivity contribution in [1.82, 2.24) is 0 Å². The first kappa shape index (κ1) is 11.9. The molecule has 0 aliphatic carbocycles. The van der Waals surface area contributed by atoms with Crippen LogP contribution in [-0.2, 0) is 4.79 Å². The Labute approximate surface area is 114 Å². The van der Waals surface area contributed by atoms with Crippen LogP contribution < -0.4 is 10.2 Å². The van der Waals surface area contributed by atoms with Gasteiger partial charge in [-0.2, -0.15) is 0 Å². The number of carbonyl (C=O) groups is 2. The molecule has 5 heteroatoms. The number of anilines is 2. The molecule has 1 aliphatic rings. The summed E-state index contributed by atoms with van der Waals surface area (Å²) in [7, 11) is 0. The van der Waals surface area contributed by atoms with Crippen molar-refractivity contribution in [2.45, 2.75) is 6.92 Å². The summed E-state index contributed by atoms with van der Waals surface area (Å²) >= 11 is 1.44. The van der Waals surface area contributed by atoms with Gasteiger partial charge in [0.15, 0.2) is 0 Å². The van der Waals surface area contributed by atoms with Gasteiger partial charge in [-0.3, -0.25) is 14.5 Å². The minimum atomic E-state index is -0.166. The van der Waals surface area contributed by atoms with Gasteiger partial charge in [-0.15, -0.1) is 11.3 Å². The second kappa shape index (κ2) is 4.51. The summed E-state index contributed by atoms with van der Waals surface area (Å²) < 4.78 is 0. The van der Waals surface area contributed by atoms with E-state index in [2.05, 4.69) is 5.32 Å². The van der Waals surface area contributed by atoms with Crippen molar-refractivity contribution in [2.24, 2.45) is 0 Å². The van der Waals surface area contributed by atoms with Gasteiger partial charge in [-0.1, -0.05) is 12.1 Å². The van der Waals surface area contributed by atoms with Gasteiger partial charge in [0.1, 0.15) is 6.54 Å². The van der Waals surface area contributed by atoms with E-state index in [-0.39, 0.29) is 18.4 Å². The van der Waals surface area contributed by atoms with Crippen molar-refractivity contribution >= 4 is 34.5 Å². The van der Waals surface area contributed by atoms with Crippen molar-refractivity contribution in [2.75, 3.05) is 16.8 Å². The normalized spacial score (nSPS) is 13.9. The molecule has 0 spiro atoms. The highest BCUT2D eigenvalue weighted by Crippen LogP contribution is 2.31. The first-order valence-corrected chi connectivity index (χ1v) is 6.74. The maximum atomic E-state index is 12.5. The number of benzene rings is 1. The van der Waals surface area contributed by atoms with Crippen molar-refractivity contribution in [3.05, 3.63) is 46.2 Å². The number of fused-ring (bicyclic) bond motifs is 1. The predicted octanol–water partition coefficient (Wildman–Crippen LogP) is 2.66. The summed E-state index contributed by atoms with van der Waals surface area (Å²) in [5, 5.41) is 2.77. The number of para-hydroxylation sites is 2. The van der Waals surface area contributed by atoms with Crippen LogP contribution in [0, 0.1) is 6.92 Å². The molecule has 4 nitrogen and oxygen atoms in total. The summed E-state index contributed by atoms with van der Waals surface area (Å²) in [6.07, 6.45) is 0. The third-order valence-corrected chi connectivity index (χ3v) is 3.96. The predicted molar refractivity (Wildman–Crippen MR) is 75.8 cm³/mol. The smallest absolute Gasteiger partial charge is 0.268 e. The van der Waals surface area contributed by atoms with Crippen LogP contribution in [0.5, 0.6) is 0 Å². The molecule has 96 valence electrons. The maximum absolute atomic E-state index is 12.5. The molecule has 2 amide bonds. The molecule has 19 heavy (non-hydrogen) atoms. The Bertz CT molecular complexity index is 663. The quantitative estimate of drug-likeness (QED) is 0.867. The zero-order chi connectivity index (χ0) is 13.4. The number of amides is 2. The second-order valence-electron chi connectivity index (χ2n) is 4.37. The highest BCUT2D eigenvalue weighted by molar-refractivity contribution is 7.14. The van der Waals surface area contributed by atoms with Crippen LogP contribution in [0.4, 0.5) is 11.4 Å². The van der Waals surface area contributed by atoms with E-state index in [9.17, 15) is 9.59 Å².